The lowest BCUT2D eigenvalue weighted by atomic mass is 10.1. The van der Waals surface area contributed by atoms with Crippen LogP contribution < -0.4 is 10.1 Å². The first-order chi connectivity index (χ1) is 12.1. The van der Waals surface area contributed by atoms with E-state index in [9.17, 15) is 4.79 Å². The van der Waals surface area contributed by atoms with Gasteiger partial charge in [-0.1, -0.05) is 12.1 Å². The molecule has 0 saturated carbocycles. The van der Waals surface area contributed by atoms with Crippen molar-refractivity contribution in [2.45, 2.75) is 32.7 Å². The molecule has 0 radical (unpaired) electrons. The van der Waals surface area contributed by atoms with Gasteiger partial charge in [-0.3, -0.25) is 9.69 Å². The third-order valence-corrected chi connectivity index (χ3v) is 4.86. The Balaban J connectivity index is 1.54. The number of hydrogen-bond acceptors (Lipinski definition) is 4. The van der Waals surface area contributed by atoms with Crippen LogP contribution in [0.5, 0.6) is 5.75 Å². The predicted molar refractivity (Wildman–Crippen MR) is 96.7 cm³/mol. The second kappa shape index (κ2) is 8.21. The lowest BCUT2D eigenvalue weighted by Gasteiger charge is -2.26. The van der Waals surface area contributed by atoms with Gasteiger partial charge < -0.3 is 14.5 Å². The predicted octanol–water partition coefficient (Wildman–Crippen LogP) is 3.23. The molecule has 0 aliphatic carbocycles. The molecule has 1 atom stereocenters. The minimum Gasteiger partial charge on any atom is -0.483 e. The number of carbonyl (C=O) groups excluding carboxylic acids is 1. The van der Waals surface area contributed by atoms with Gasteiger partial charge in [0.15, 0.2) is 6.61 Å². The van der Waals surface area contributed by atoms with Gasteiger partial charge in [0.25, 0.3) is 5.91 Å². The molecule has 1 amide bonds. The van der Waals surface area contributed by atoms with Crippen LogP contribution in [0, 0.1) is 13.8 Å². The summed E-state index contributed by atoms with van der Waals surface area (Å²) >= 11 is 0. The number of likely N-dealkylation sites (tertiary alicyclic amines) is 1. The number of carbonyl (C=O) groups is 1. The molecule has 0 bridgehead atoms. The topological polar surface area (TPSA) is 54.7 Å². The van der Waals surface area contributed by atoms with Gasteiger partial charge in [-0.2, -0.15) is 0 Å². The fraction of sp³-hybridized carbons (Fsp3) is 0.450. The molecule has 1 aliphatic heterocycles. The first kappa shape index (κ1) is 17.5. The highest BCUT2D eigenvalue weighted by Gasteiger charge is 2.25. The second-order valence-electron chi connectivity index (χ2n) is 6.57. The first-order valence-electron chi connectivity index (χ1n) is 8.88. The summed E-state index contributed by atoms with van der Waals surface area (Å²) in [5.41, 5.74) is 2.23. The largest absolute Gasteiger partial charge is 0.483 e. The third-order valence-electron chi connectivity index (χ3n) is 4.86. The Labute approximate surface area is 149 Å². The number of aryl methyl sites for hydroxylation is 1. The van der Waals surface area contributed by atoms with Crippen LogP contribution in [0.1, 0.15) is 35.8 Å². The van der Waals surface area contributed by atoms with E-state index >= 15 is 0 Å². The van der Waals surface area contributed by atoms with Crippen LogP contribution in [-0.2, 0) is 4.79 Å². The standard InChI is InChI=1S/C20H26N2O3/c1-15-7-5-8-18(16(15)2)25-14-20(23)21-13-17(19-9-6-12-24-19)22-10-3-4-11-22/h5-9,12,17H,3-4,10-11,13-14H2,1-2H3,(H,21,23). The van der Waals surface area contributed by atoms with E-state index in [-0.39, 0.29) is 18.6 Å². The lowest BCUT2D eigenvalue weighted by molar-refractivity contribution is -0.123. The number of furan rings is 1. The molecule has 25 heavy (non-hydrogen) atoms. The summed E-state index contributed by atoms with van der Waals surface area (Å²) in [6, 6.07) is 9.82. The molecule has 3 rings (SSSR count). The van der Waals surface area contributed by atoms with Gasteiger partial charge in [0.05, 0.1) is 12.3 Å². The van der Waals surface area contributed by atoms with Crippen LogP contribution in [0.4, 0.5) is 0 Å². The average Bonchev–Trinajstić information content (AvgIpc) is 3.30. The molecule has 1 N–H and O–H groups in total. The molecule has 5 nitrogen and oxygen atoms in total. The van der Waals surface area contributed by atoms with Crippen molar-refractivity contribution >= 4 is 5.91 Å². The number of amides is 1. The van der Waals surface area contributed by atoms with Crippen molar-refractivity contribution in [2.24, 2.45) is 0 Å². The fourth-order valence-electron chi connectivity index (χ4n) is 3.23. The molecular weight excluding hydrogens is 316 g/mol. The SMILES string of the molecule is Cc1cccc(OCC(=O)NCC(c2ccco2)N2CCCC2)c1C. The molecule has 1 aromatic carbocycles. The minimum absolute atomic E-state index is 0.0230. The maximum atomic E-state index is 12.2. The van der Waals surface area contributed by atoms with Crippen LogP contribution in [0.2, 0.25) is 0 Å². The quantitative estimate of drug-likeness (QED) is 0.839. The second-order valence-corrected chi connectivity index (χ2v) is 6.57. The molecule has 2 heterocycles. The van der Waals surface area contributed by atoms with E-state index in [1.54, 1.807) is 6.26 Å². The normalized spacial score (nSPS) is 15.9. The lowest BCUT2D eigenvalue weighted by Crippen LogP contribution is -2.38. The molecule has 1 aliphatic rings. The molecule has 2 aromatic rings. The fourth-order valence-corrected chi connectivity index (χ4v) is 3.23. The van der Waals surface area contributed by atoms with Gasteiger partial charge in [0, 0.05) is 6.54 Å². The van der Waals surface area contributed by atoms with Crippen LogP contribution in [0.15, 0.2) is 41.0 Å². The smallest absolute Gasteiger partial charge is 0.258 e. The maximum absolute atomic E-state index is 12.2. The van der Waals surface area contributed by atoms with Gasteiger partial charge >= 0.3 is 0 Å². The number of ether oxygens (including phenoxy) is 1. The van der Waals surface area contributed by atoms with Crippen molar-refractivity contribution < 1.29 is 13.9 Å². The summed E-state index contributed by atoms with van der Waals surface area (Å²) in [5.74, 6) is 1.55. The molecule has 0 spiro atoms. The van der Waals surface area contributed by atoms with Crippen molar-refractivity contribution in [1.29, 1.82) is 0 Å². The highest BCUT2D eigenvalue weighted by molar-refractivity contribution is 5.77. The Hall–Kier alpha value is -2.27. The zero-order chi connectivity index (χ0) is 17.6. The highest BCUT2D eigenvalue weighted by atomic mass is 16.5. The summed E-state index contributed by atoms with van der Waals surface area (Å²) in [6.45, 7) is 6.67. The van der Waals surface area contributed by atoms with Crippen molar-refractivity contribution in [3.63, 3.8) is 0 Å². The highest BCUT2D eigenvalue weighted by Crippen LogP contribution is 2.25. The summed E-state index contributed by atoms with van der Waals surface area (Å²) in [5, 5.41) is 2.99. The van der Waals surface area contributed by atoms with Crippen LogP contribution in [0.25, 0.3) is 0 Å². The number of benzene rings is 1. The number of nitrogens with one attached hydrogen (secondary N) is 1. The van der Waals surface area contributed by atoms with Crippen molar-refractivity contribution in [3.8, 4) is 5.75 Å². The van der Waals surface area contributed by atoms with E-state index in [2.05, 4.69) is 10.2 Å². The zero-order valence-electron chi connectivity index (χ0n) is 15.0. The number of hydrogen-bond donors (Lipinski definition) is 1. The van der Waals surface area contributed by atoms with Crippen molar-refractivity contribution in [1.82, 2.24) is 10.2 Å². The maximum Gasteiger partial charge on any atom is 0.258 e. The number of nitrogens with zero attached hydrogens (tertiary/aromatic N) is 1. The first-order valence-corrected chi connectivity index (χ1v) is 8.88. The minimum atomic E-state index is -0.114. The molecule has 1 fully saturated rings. The summed E-state index contributed by atoms with van der Waals surface area (Å²) < 4.78 is 11.3. The summed E-state index contributed by atoms with van der Waals surface area (Å²) in [6.07, 6.45) is 4.08. The van der Waals surface area contributed by atoms with Gasteiger partial charge in [0.1, 0.15) is 11.5 Å². The summed E-state index contributed by atoms with van der Waals surface area (Å²) in [7, 11) is 0. The Morgan fingerprint density at radius 2 is 2.04 bits per heavy atom. The number of rotatable bonds is 7. The average molecular weight is 342 g/mol. The Morgan fingerprint density at radius 3 is 2.76 bits per heavy atom. The molecule has 134 valence electrons. The monoisotopic (exact) mass is 342 g/mol. The van der Waals surface area contributed by atoms with E-state index in [0.717, 1.165) is 35.7 Å². The molecule has 1 unspecified atom stereocenters. The van der Waals surface area contributed by atoms with E-state index in [1.165, 1.54) is 12.8 Å². The zero-order valence-corrected chi connectivity index (χ0v) is 15.0. The van der Waals surface area contributed by atoms with Crippen LogP contribution >= 0.6 is 0 Å². The van der Waals surface area contributed by atoms with Crippen molar-refractivity contribution in [2.75, 3.05) is 26.2 Å². The Morgan fingerprint density at radius 1 is 1.24 bits per heavy atom. The molecule has 1 saturated heterocycles. The molecular formula is C20H26N2O3. The van der Waals surface area contributed by atoms with Crippen LogP contribution in [-0.4, -0.2) is 37.0 Å². The molecule has 1 aromatic heterocycles. The van der Waals surface area contributed by atoms with Crippen LogP contribution in [0.3, 0.4) is 0 Å². The van der Waals surface area contributed by atoms with E-state index in [0.29, 0.717) is 6.54 Å². The van der Waals surface area contributed by atoms with Gasteiger partial charge in [-0.05, 0) is 69.1 Å². The Bertz CT molecular complexity index is 691. The van der Waals surface area contributed by atoms with E-state index in [4.69, 9.17) is 9.15 Å². The summed E-state index contributed by atoms with van der Waals surface area (Å²) in [4.78, 5) is 14.6. The third kappa shape index (κ3) is 4.42. The van der Waals surface area contributed by atoms with Gasteiger partial charge in [0.2, 0.25) is 0 Å². The van der Waals surface area contributed by atoms with E-state index in [1.807, 2.05) is 44.2 Å². The van der Waals surface area contributed by atoms with E-state index < -0.39 is 0 Å². The Kier molecular flexibility index (Phi) is 5.76. The van der Waals surface area contributed by atoms with Gasteiger partial charge in [-0.25, -0.2) is 0 Å². The van der Waals surface area contributed by atoms with Crippen molar-refractivity contribution in [3.05, 3.63) is 53.5 Å². The molecule has 5 heteroatoms. The van der Waals surface area contributed by atoms with Gasteiger partial charge in [-0.15, -0.1) is 0 Å².